The van der Waals surface area contributed by atoms with Gasteiger partial charge in [-0.25, -0.2) is 9.98 Å². The second kappa shape index (κ2) is 10.0. The molecule has 9 nitrogen and oxygen atoms in total. The summed E-state index contributed by atoms with van der Waals surface area (Å²) in [6.07, 6.45) is 2.28. The molecular weight excluding hydrogens is 514 g/mol. The van der Waals surface area contributed by atoms with Crippen LogP contribution in [-0.2, 0) is 4.79 Å². The maximum absolute atomic E-state index is 13.7. The molecule has 3 heterocycles. The number of amidine groups is 1. The Bertz CT molecular complexity index is 1650. The van der Waals surface area contributed by atoms with Crippen molar-refractivity contribution in [3.05, 3.63) is 89.0 Å². The molecule has 1 aliphatic heterocycles. The molecule has 2 aromatic heterocycles. The minimum atomic E-state index is -0.536. The number of aromatic amines is 1. The van der Waals surface area contributed by atoms with E-state index in [1.807, 2.05) is 54.6 Å². The van der Waals surface area contributed by atoms with E-state index in [0.29, 0.717) is 57.2 Å². The van der Waals surface area contributed by atoms with Crippen molar-refractivity contribution in [3.63, 3.8) is 0 Å². The van der Waals surface area contributed by atoms with Gasteiger partial charge in [0.15, 0.2) is 27.5 Å². The molecule has 2 atom stereocenters. The molecule has 0 amide bonds. The number of ketones is 1. The number of ether oxygens (including phenoxy) is 2. The Balaban J connectivity index is 1.32. The lowest BCUT2D eigenvalue weighted by atomic mass is 9.74. The number of nitrogens with two attached hydrogens (primary N) is 2. The van der Waals surface area contributed by atoms with Crippen molar-refractivity contribution in [1.29, 1.82) is 0 Å². The maximum Gasteiger partial charge on any atom is 0.174 e. The molecule has 2 unspecified atom stereocenters. The second-order valence-electron chi connectivity index (χ2n) is 9.37. The third-order valence-electron chi connectivity index (χ3n) is 7.14. The molecule has 0 saturated heterocycles. The van der Waals surface area contributed by atoms with Gasteiger partial charge in [0.05, 0.1) is 36.9 Å². The van der Waals surface area contributed by atoms with Crippen LogP contribution in [0.25, 0.3) is 11.0 Å². The summed E-state index contributed by atoms with van der Waals surface area (Å²) in [5.41, 5.74) is 16.9. The van der Waals surface area contributed by atoms with Gasteiger partial charge >= 0.3 is 0 Å². The van der Waals surface area contributed by atoms with E-state index in [9.17, 15) is 4.79 Å². The molecule has 0 radical (unpaired) electrons. The number of imidazole rings is 1. The molecule has 4 aromatic rings. The summed E-state index contributed by atoms with van der Waals surface area (Å²) >= 11 is 1.37. The SMILES string of the molecule is COc1ccc(C2CC(=O)C3=C(C2)N=C(N)/C(=C\N)C3c2ccc(Sc3nc4ccccc4[nH]3)o2)cc1OC. The minimum absolute atomic E-state index is 0.0143. The van der Waals surface area contributed by atoms with E-state index in [2.05, 4.69) is 15.0 Å². The van der Waals surface area contributed by atoms with E-state index in [4.69, 9.17) is 25.4 Å². The number of nitrogens with one attached hydrogen (secondary N) is 1. The van der Waals surface area contributed by atoms with E-state index in [-0.39, 0.29) is 17.5 Å². The zero-order chi connectivity index (χ0) is 27.1. The number of aromatic nitrogens is 2. The molecule has 0 saturated carbocycles. The number of furan rings is 1. The van der Waals surface area contributed by atoms with Crippen LogP contribution in [0.2, 0.25) is 0 Å². The van der Waals surface area contributed by atoms with Gasteiger partial charge in [0.2, 0.25) is 0 Å². The molecule has 2 aliphatic rings. The van der Waals surface area contributed by atoms with Crippen LogP contribution in [-0.4, -0.2) is 35.8 Å². The number of hydrogen-bond acceptors (Lipinski definition) is 9. The topological polar surface area (TPSA) is 142 Å². The van der Waals surface area contributed by atoms with Gasteiger partial charge in [0.1, 0.15) is 11.6 Å². The van der Waals surface area contributed by atoms with Gasteiger partial charge in [-0.05, 0) is 66.1 Å². The molecule has 39 heavy (non-hydrogen) atoms. The number of methoxy groups -OCH3 is 2. The number of aliphatic imine (C=N–C) groups is 1. The standard InChI is InChI=1S/C29H27N5O4S/c1-36-22-8-7-15(13-24(22)37-2)16-11-20-27(21(35)12-16)26(17(14-30)28(31)32-20)23-9-10-25(38-23)39-29-33-18-5-3-4-6-19(18)34-29/h3-10,13-14,16,26H,11-12,30H2,1-2H3,(H2,31,32)(H,33,34)/b17-14-. The van der Waals surface area contributed by atoms with Crippen LogP contribution in [0.15, 0.2) is 97.3 Å². The van der Waals surface area contributed by atoms with Crippen molar-refractivity contribution < 1.29 is 18.7 Å². The normalized spacial score (nSPS) is 20.3. The molecule has 1 aliphatic carbocycles. The van der Waals surface area contributed by atoms with Crippen molar-refractivity contribution in [3.8, 4) is 11.5 Å². The highest BCUT2D eigenvalue weighted by Gasteiger charge is 2.40. The fourth-order valence-electron chi connectivity index (χ4n) is 5.29. The van der Waals surface area contributed by atoms with Crippen LogP contribution in [0, 0.1) is 0 Å². The Hall–Kier alpha value is -4.44. The number of para-hydroxylation sites is 2. The third-order valence-corrected chi connectivity index (χ3v) is 7.95. The van der Waals surface area contributed by atoms with Gasteiger partial charge in [-0.15, -0.1) is 0 Å². The summed E-state index contributed by atoms with van der Waals surface area (Å²) in [6, 6.07) is 17.3. The number of nitrogens with zero attached hydrogens (tertiary/aromatic N) is 2. The number of fused-ring (bicyclic) bond motifs is 1. The van der Waals surface area contributed by atoms with Gasteiger partial charge in [-0.2, -0.15) is 0 Å². The highest BCUT2D eigenvalue weighted by Crippen LogP contribution is 2.47. The van der Waals surface area contributed by atoms with Crippen LogP contribution in [0.4, 0.5) is 0 Å². The lowest BCUT2D eigenvalue weighted by Crippen LogP contribution is -2.32. The van der Waals surface area contributed by atoms with Crippen molar-refractivity contribution in [1.82, 2.24) is 9.97 Å². The number of allylic oxidation sites excluding steroid dienone is 2. The van der Waals surface area contributed by atoms with E-state index in [1.54, 1.807) is 14.2 Å². The quantitative estimate of drug-likeness (QED) is 0.309. The Morgan fingerprint density at radius 2 is 1.90 bits per heavy atom. The van der Waals surface area contributed by atoms with E-state index >= 15 is 0 Å². The highest BCUT2D eigenvalue weighted by atomic mass is 32.2. The molecule has 10 heteroatoms. The van der Waals surface area contributed by atoms with Crippen molar-refractivity contribution in [2.24, 2.45) is 16.5 Å². The lowest BCUT2D eigenvalue weighted by molar-refractivity contribution is -0.116. The maximum atomic E-state index is 13.7. The Kier molecular flexibility index (Phi) is 6.40. The van der Waals surface area contributed by atoms with Crippen LogP contribution in [0.1, 0.15) is 36.0 Å². The number of carbonyl (C=O) groups is 1. The number of H-pyrrole nitrogens is 1. The molecule has 5 N–H and O–H groups in total. The number of rotatable bonds is 6. The Morgan fingerprint density at radius 1 is 1.08 bits per heavy atom. The predicted octanol–water partition coefficient (Wildman–Crippen LogP) is 5.02. The summed E-state index contributed by atoms with van der Waals surface area (Å²) < 4.78 is 17.1. The molecule has 0 bridgehead atoms. The average Bonchev–Trinajstić information content (AvgIpc) is 3.58. The second-order valence-corrected chi connectivity index (χ2v) is 10.4. The van der Waals surface area contributed by atoms with E-state index in [1.165, 1.54) is 18.0 Å². The number of hydrogen-bond donors (Lipinski definition) is 3. The summed E-state index contributed by atoms with van der Waals surface area (Å²) in [5, 5.41) is 1.35. The first-order valence-corrected chi connectivity index (χ1v) is 13.3. The summed E-state index contributed by atoms with van der Waals surface area (Å²) in [4.78, 5) is 26.2. The highest BCUT2D eigenvalue weighted by molar-refractivity contribution is 7.99. The van der Waals surface area contributed by atoms with Crippen LogP contribution < -0.4 is 20.9 Å². The Morgan fingerprint density at radius 3 is 2.67 bits per heavy atom. The van der Waals surface area contributed by atoms with Gasteiger partial charge in [-0.3, -0.25) is 4.79 Å². The largest absolute Gasteiger partial charge is 0.493 e. The first kappa shape index (κ1) is 24.9. The molecular formula is C29H27N5O4S. The van der Waals surface area contributed by atoms with Crippen LogP contribution >= 0.6 is 11.8 Å². The molecule has 0 spiro atoms. The van der Waals surface area contributed by atoms with Crippen molar-refractivity contribution in [2.45, 2.75) is 34.9 Å². The molecule has 0 fully saturated rings. The molecule has 6 rings (SSSR count). The van der Waals surface area contributed by atoms with Gasteiger partial charge in [-0.1, -0.05) is 18.2 Å². The predicted molar refractivity (Wildman–Crippen MR) is 149 cm³/mol. The number of Topliss-reactive ketones (excluding diaryl/α,β-unsaturated/α-hetero) is 1. The fourth-order valence-corrected chi connectivity index (χ4v) is 6.06. The summed E-state index contributed by atoms with van der Waals surface area (Å²) in [6.45, 7) is 0. The molecule has 198 valence electrons. The third kappa shape index (κ3) is 4.46. The van der Waals surface area contributed by atoms with E-state index < -0.39 is 5.92 Å². The first-order valence-electron chi connectivity index (χ1n) is 12.5. The van der Waals surface area contributed by atoms with Crippen LogP contribution in [0.3, 0.4) is 0 Å². The number of carbonyl (C=O) groups excluding carboxylic acids is 1. The monoisotopic (exact) mass is 541 g/mol. The Labute approximate surface area is 229 Å². The van der Waals surface area contributed by atoms with Crippen molar-refractivity contribution >= 4 is 34.4 Å². The number of benzene rings is 2. The average molecular weight is 542 g/mol. The molecule has 2 aromatic carbocycles. The van der Waals surface area contributed by atoms with E-state index in [0.717, 1.165) is 16.6 Å². The summed E-state index contributed by atoms with van der Waals surface area (Å²) in [7, 11) is 3.19. The fraction of sp³-hybridized carbons (Fsp3) is 0.207. The summed E-state index contributed by atoms with van der Waals surface area (Å²) in [5.74, 6) is 1.48. The van der Waals surface area contributed by atoms with Gasteiger partial charge < -0.3 is 30.3 Å². The van der Waals surface area contributed by atoms with Gasteiger partial charge in [0, 0.05) is 23.8 Å². The van der Waals surface area contributed by atoms with Crippen LogP contribution in [0.5, 0.6) is 11.5 Å². The smallest absolute Gasteiger partial charge is 0.174 e. The zero-order valence-corrected chi connectivity index (χ0v) is 22.2. The lowest BCUT2D eigenvalue weighted by Gasteiger charge is -2.32. The van der Waals surface area contributed by atoms with Crippen molar-refractivity contribution in [2.75, 3.05) is 14.2 Å². The zero-order valence-electron chi connectivity index (χ0n) is 21.4. The first-order chi connectivity index (χ1) is 19.0. The van der Waals surface area contributed by atoms with Gasteiger partial charge in [0.25, 0.3) is 0 Å². The minimum Gasteiger partial charge on any atom is -0.493 e.